The molecule has 0 aliphatic heterocycles. The van der Waals surface area contributed by atoms with E-state index in [9.17, 15) is 4.79 Å². The van der Waals surface area contributed by atoms with Crippen molar-refractivity contribution in [3.8, 4) is 18.1 Å². The summed E-state index contributed by atoms with van der Waals surface area (Å²) in [7, 11) is 0. The number of aromatic carboxylic acids is 1. The fourth-order valence-electron chi connectivity index (χ4n) is 1.24. The Kier molecular flexibility index (Phi) is 5.62. The molecule has 0 fully saturated rings. The van der Waals surface area contributed by atoms with Gasteiger partial charge in [-0.25, -0.2) is 4.79 Å². The van der Waals surface area contributed by atoms with Crippen molar-refractivity contribution in [1.29, 1.82) is 0 Å². The van der Waals surface area contributed by atoms with Crippen LogP contribution in [0.4, 0.5) is 0 Å². The van der Waals surface area contributed by atoms with Crippen molar-refractivity contribution in [1.82, 2.24) is 0 Å². The van der Waals surface area contributed by atoms with Gasteiger partial charge in [0.25, 0.3) is 0 Å². The summed E-state index contributed by atoms with van der Waals surface area (Å²) in [6, 6.07) is 6.53. The average Bonchev–Trinajstić information content (AvgIpc) is 2.34. The van der Waals surface area contributed by atoms with Crippen LogP contribution in [0.2, 0.25) is 0 Å². The maximum Gasteiger partial charge on any atom is 0.339 e. The number of ether oxygens (including phenoxy) is 2. The Morgan fingerprint density at radius 1 is 1.35 bits per heavy atom. The average molecular weight is 234 g/mol. The Morgan fingerprint density at radius 2 is 2.12 bits per heavy atom. The maximum atomic E-state index is 10.9. The largest absolute Gasteiger partial charge is 0.493 e. The molecule has 0 saturated heterocycles. The molecule has 0 saturated carbocycles. The van der Waals surface area contributed by atoms with Crippen LogP contribution < -0.4 is 4.74 Å². The highest BCUT2D eigenvalue weighted by molar-refractivity contribution is 5.90. The number of terminal acetylenes is 1. The molecule has 0 bridgehead atoms. The van der Waals surface area contributed by atoms with E-state index in [2.05, 4.69) is 5.92 Å². The molecule has 0 aliphatic carbocycles. The zero-order valence-electron chi connectivity index (χ0n) is 9.39. The van der Waals surface area contributed by atoms with E-state index in [-0.39, 0.29) is 12.2 Å². The Morgan fingerprint density at radius 3 is 2.82 bits per heavy atom. The van der Waals surface area contributed by atoms with Gasteiger partial charge >= 0.3 is 5.97 Å². The second-order valence-electron chi connectivity index (χ2n) is 3.26. The van der Waals surface area contributed by atoms with Crippen LogP contribution in [-0.4, -0.2) is 30.9 Å². The summed E-state index contributed by atoms with van der Waals surface area (Å²) in [5.74, 6) is 1.74. The second-order valence-corrected chi connectivity index (χ2v) is 3.26. The van der Waals surface area contributed by atoms with Crippen molar-refractivity contribution in [2.45, 2.75) is 6.42 Å². The second kappa shape index (κ2) is 7.31. The Labute approximate surface area is 100 Å². The first-order valence-corrected chi connectivity index (χ1v) is 5.22. The van der Waals surface area contributed by atoms with Crippen LogP contribution >= 0.6 is 0 Å². The molecule has 0 spiro atoms. The summed E-state index contributed by atoms with van der Waals surface area (Å²) in [6.07, 6.45) is 5.68. The fraction of sp³-hybridized carbons (Fsp3) is 0.308. The maximum absolute atomic E-state index is 10.9. The van der Waals surface area contributed by atoms with E-state index < -0.39 is 5.97 Å². The summed E-state index contributed by atoms with van der Waals surface area (Å²) in [5.41, 5.74) is 0.164. The van der Waals surface area contributed by atoms with Gasteiger partial charge in [-0.15, -0.1) is 6.42 Å². The van der Waals surface area contributed by atoms with Gasteiger partial charge in [-0.05, 0) is 12.1 Å². The first-order valence-electron chi connectivity index (χ1n) is 5.22. The third kappa shape index (κ3) is 4.58. The molecule has 0 amide bonds. The van der Waals surface area contributed by atoms with Crippen molar-refractivity contribution < 1.29 is 19.4 Å². The van der Waals surface area contributed by atoms with Crippen LogP contribution in [0, 0.1) is 12.3 Å². The predicted octanol–water partition coefficient (Wildman–Crippen LogP) is 1.80. The monoisotopic (exact) mass is 234 g/mol. The standard InChI is InChI=1S/C13H14O4/c1-2-8-16-9-5-10-17-12-7-4-3-6-11(12)13(14)15/h1,3-4,6-7H,5,8-10H2,(H,14,15). The van der Waals surface area contributed by atoms with Crippen LogP contribution in [0.3, 0.4) is 0 Å². The van der Waals surface area contributed by atoms with Crippen LogP contribution in [0.1, 0.15) is 16.8 Å². The van der Waals surface area contributed by atoms with Crippen molar-refractivity contribution in [3.05, 3.63) is 29.8 Å². The third-order valence-electron chi connectivity index (χ3n) is 1.99. The lowest BCUT2D eigenvalue weighted by atomic mass is 10.2. The lowest BCUT2D eigenvalue weighted by Gasteiger charge is -2.08. The van der Waals surface area contributed by atoms with E-state index in [4.69, 9.17) is 21.0 Å². The highest BCUT2D eigenvalue weighted by atomic mass is 16.5. The first-order chi connectivity index (χ1) is 8.25. The van der Waals surface area contributed by atoms with Gasteiger partial charge in [0.15, 0.2) is 0 Å². The summed E-state index contributed by atoms with van der Waals surface area (Å²) in [5, 5.41) is 8.91. The van der Waals surface area contributed by atoms with Gasteiger partial charge in [-0.3, -0.25) is 0 Å². The molecule has 1 N–H and O–H groups in total. The fourth-order valence-corrected chi connectivity index (χ4v) is 1.24. The summed E-state index contributed by atoms with van der Waals surface area (Å²) in [6.45, 7) is 1.18. The minimum absolute atomic E-state index is 0.164. The van der Waals surface area contributed by atoms with E-state index in [1.807, 2.05) is 0 Å². The van der Waals surface area contributed by atoms with E-state index >= 15 is 0 Å². The molecule has 0 atom stereocenters. The van der Waals surface area contributed by atoms with Crippen LogP contribution in [0.25, 0.3) is 0 Å². The first kappa shape index (κ1) is 13.1. The van der Waals surface area contributed by atoms with E-state index in [0.29, 0.717) is 25.4 Å². The normalized spacial score (nSPS) is 9.59. The van der Waals surface area contributed by atoms with Gasteiger partial charge in [0.2, 0.25) is 0 Å². The zero-order valence-corrected chi connectivity index (χ0v) is 9.39. The zero-order chi connectivity index (χ0) is 12.5. The van der Waals surface area contributed by atoms with Crippen molar-refractivity contribution in [3.63, 3.8) is 0 Å². The van der Waals surface area contributed by atoms with E-state index in [1.54, 1.807) is 18.2 Å². The highest BCUT2D eigenvalue weighted by Crippen LogP contribution is 2.17. The molecular formula is C13H14O4. The molecule has 0 radical (unpaired) electrons. The summed E-state index contributed by atoms with van der Waals surface area (Å²) >= 11 is 0. The quantitative estimate of drug-likeness (QED) is 0.577. The molecule has 4 heteroatoms. The van der Waals surface area contributed by atoms with E-state index in [0.717, 1.165) is 0 Å². The number of para-hydroxylation sites is 1. The van der Waals surface area contributed by atoms with Gasteiger partial charge in [-0.2, -0.15) is 0 Å². The predicted molar refractivity (Wildman–Crippen MR) is 63.2 cm³/mol. The molecule has 0 unspecified atom stereocenters. The topological polar surface area (TPSA) is 55.8 Å². The van der Waals surface area contributed by atoms with Crippen molar-refractivity contribution in [2.75, 3.05) is 19.8 Å². The van der Waals surface area contributed by atoms with Gasteiger partial charge in [0.1, 0.15) is 17.9 Å². The van der Waals surface area contributed by atoms with E-state index in [1.165, 1.54) is 6.07 Å². The number of rotatable bonds is 7. The Balaban J connectivity index is 2.37. The smallest absolute Gasteiger partial charge is 0.339 e. The van der Waals surface area contributed by atoms with Gasteiger partial charge in [0.05, 0.1) is 13.2 Å². The van der Waals surface area contributed by atoms with Crippen molar-refractivity contribution in [2.24, 2.45) is 0 Å². The Hall–Kier alpha value is -1.99. The minimum Gasteiger partial charge on any atom is -0.493 e. The number of carboxylic acid groups (broad SMARTS) is 1. The molecule has 1 aromatic carbocycles. The lowest BCUT2D eigenvalue weighted by molar-refractivity contribution is 0.0691. The molecule has 0 aliphatic rings. The van der Waals surface area contributed by atoms with Crippen molar-refractivity contribution >= 4 is 5.97 Å². The third-order valence-corrected chi connectivity index (χ3v) is 1.99. The van der Waals surface area contributed by atoms with Gasteiger partial charge in [-0.1, -0.05) is 18.1 Å². The van der Waals surface area contributed by atoms with Gasteiger partial charge < -0.3 is 14.6 Å². The van der Waals surface area contributed by atoms with Crippen LogP contribution in [0.15, 0.2) is 24.3 Å². The molecular weight excluding hydrogens is 220 g/mol. The molecule has 0 heterocycles. The van der Waals surface area contributed by atoms with Crippen LogP contribution in [0.5, 0.6) is 5.75 Å². The number of hydrogen-bond acceptors (Lipinski definition) is 3. The summed E-state index contributed by atoms with van der Waals surface area (Å²) in [4.78, 5) is 10.9. The Bertz CT molecular complexity index is 406. The number of carboxylic acids is 1. The number of benzene rings is 1. The molecule has 17 heavy (non-hydrogen) atoms. The number of carbonyl (C=O) groups is 1. The molecule has 1 aromatic rings. The SMILES string of the molecule is C#CCOCCCOc1ccccc1C(=O)O. The number of hydrogen-bond donors (Lipinski definition) is 1. The molecule has 0 aromatic heterocycles. The molecule has 90 valence electrons. The summed E-state index contributed by atoms with van der Waals surface area (Å²) < 4.78 is 10.4. The highest BCUT2D eigenvalue weighted by Gasteiger charge is 2.09. The molecule has 4 nitrogen and oxygen atoms in total. The minimum atomic E-state index is -0.996. The molecule has 1 rings (SSSR count). The van der Waals surface area contributed by atoms with Gasteiger partial charge in [0, 0.05) is 6.42 Å². The van der Waals surface area contributed by atoms with Crippen LogP contribution in [-0.2, 0) is 4.74 Å². The lowest BCUT2D eigenvalue weighted by Crippen LogP contribution is -2.06.